The first-order chi connectivity index (χ1) is 9.84. The number of nitriles is 1. The number of nitrogens with zero attached hydrogens (tertiary/aromatic N) is 3. The van der Waals surface area contributed by atoms with Crippen LogP contribution in [-0.2, 0) is 11.0 Å². The van der Waals surface area contributed by atoms with E-state index in [-0.39, 0.29) is 24.0 Å². The zero-order valence-electron chi connectivity index (χ0n) is 10.7. The van der Waals surface area contributed by atoms with Gasteiger partial charge in [-0.3, -0.25) is 4.79 Å². The smallest absolute Gasteiger partial charge is 0.353 e. The maximum absolute atomic E-state index is 12.7. The number of anilines is 2. The lowest BCUT2D eigenvalue weighted by Crippen LogP contribution is -2.54. The van der Waals surface area contributed by atoms with Crippen LogP contribution in [0.25, 0.3) is 0 Å². The van der Waals surface area contributed by atoms with E-state index in [1.54, 1.807) is 0 Å². The Balaban J connectivity index is 1.97. The molecule has 110 valence electrons. The van der Waals surface area contributed by atoms with E-state index >= 15 is 0 Å². The number of amides is 1. The molecule has 2 aliphatic heterocycles. The Morgan fingerprint density at radius 2 is 2.19 bits per heavy atom. The molecule has 1 aromatic rings. The molecule has 2 N–H and O–H groups in total. The highest BCUT2D eigenvalue weighted by Gasteiger charge is 2.48. The predicted octanol–water partition coefficient (Wildman–Crippen LogP) is 1.39. The lowest BCUT2D eigenvalue weighted by atomic mass is 9.95. The van der Waals surface area contributed by atoms with Gasteiger partial charge in [0.1, 0.15) is 11.2 Å². The van der Waals surface area contributed by atoms with Crippen LogP contribution in [-0.4, -0.2) is 34.4 Å². The summed E-state index contributed by atoms with van der Waals surface area (Å²) < 4.78 is 38.1. The van der Waals surface area contributed by atoms with Crippen molar-refractivity contribution < 1.29 is 18.0 Å². The quantitative estimate of drug-likeness (QED) is 0.707. The third-order valence-electron chi connectivity index (χ3n) is 3.64. The molecule has 2 aliphatic rings. The minimum atomic E-state index is -4.56. The number of likely N-dealkylation sites (tertiary alicyclic amines) is 1. The molecule has 0 aliphatic carbocycles. The molecule has 1 spiro atoms. The van der Waals surface area contributed by atoms with Gasteiger partial charge in [0, 0.05) is 6.54 Å². The molecule has 0 radical (unpaired) electrons. The first kappa shape index (κ1) is 13.5. The molecule has 1 saturated heterocycles. The van der Waals surface area contributed by atoms with Crippen LogP contribution < -0.4 is 10.6 Å². The Morgan fingerprint density at radius 3 is 2.81 bits per heavy atom. The molecule has 6 nitrogen and oxygen atoms in total. The number of carbonyl (C=O) groups is 1. The number of hydrogen-bond donors (Lipinski definition) is 2. The summed E-state index contributed by atoms with van der Waals surface area (Å²) in [4.78, 5) is 17.1. The second-order valence-corrected chi connectivity index (χ2v) is 5.02. The Morgan fingerprint density at radius 1 is 1.43 bits per heavy atom. The molecule has 3 heterocycles. The van der Waals surface area contributed by atoms with Crippen molar-refractivity contribution >= 4 is 17.4 Å². The fourth-order valence-electron chi connectivity index (χ4n) is 2.52. The third kappa shape index (κ3) is 2.12. The van der Waals surface area contributed by atoms with Crippen molar-refractivity contribution in [2.75, 3.05) is 23.7 Å². The van der Waals surface area contributed by atoms with E-state index in [0.717, 1.165) is 6.07 Å². The van der Waals surface area contributed by atoms with Gasteiger partial charge in [-0.15, -0.1) is 0 Å². The summed E-state index contributed by atoms with van der Waals surface area (Å²) >= 11 is 0. The van der Waals surface area contributed by atoms with Gasteiger partial charge in [-0.25, -0.2) is 4.98 Å². The topological polar surface area (TPSA) is 81.1 Å². The fourth-order valence-corrected chi connectivity index (χ4v) is 2.52. The normalized spacial score (nSPS) is 24.3. The summed E-state index contributed by atoms with van der Waals surface area (Å²) in [6, 6.07) is 1.98. The van der Waals surface area contributed by atoms with E-state index in [1.165, 1.54) is 11.0 Å². The monoisotopic (exact) mass is 297 g/mol. The molecule has 1 unspecified atom stereocenters. The van der Waals surface area contributed by atoms with E-state index < -0.39 is 17.4 Å². The van der Waals surface area contributed by atoms with Gasteiger partial charge in [-0.2, -0.15) is 18.4 Å². The Labute approximate surface area is 117 Å². The summed E-state index contributed by atoms with van der Waals surface area (Å²) in [6.45, 7) is 0.470. The molecule has 1 fully saturated rings. The number of nitrogens with one attached hydrogen (secondary N) is 2. The standard InChI is InChI=1S/C12H10F3N5O/c13-12(14,15)8-2-1-7-9(18-8)19-11(10(21)17-7)3-4-20(5-11)6-16/h1-2H,3-5H2,(H,17,21)(H,18,19). The van der Waals surface area contributed by atoms with Crippen LogP contribution >= 0.6 is 0 Å². The molecular formula is C12H10F3N5O. The molecule has 21 heavy (non-hydrogen) atoms. The minimum absolute atomic E-state index is 0.0239. The molecule has 0 bridgehead atoms. The summed E-state index contributed by atoms with van der Waals surface area (Å²) in [6.07, 6.45) is -2.30. The summed E-state index contributed by atoms with van der Waals surface area (Å²) in [5.74, 6) is -0.390. The number of fused-ring (bicyclic) bond motifs is 1. The first-order valence-corrected chi connectivity index (χ1v) is 6.17. The predicted molar refractivity (Wildman–Crippen MR) is 66.0 cm³/mol. The minimum Gasteiger partial charge on any atom is -0.353 e. The molecule has 1 aromatic heterocycles. The van der Waals surface area contributed by atoms with Gasteiger partial charge in [0.2, 0.25) is 0 Å². The SMILES string of the molecule is N#CN1CCC2(C1)Nc1nc(C(F)(F)F)ccc1NC2=O. The molecule has 0 aromatic carbocycles. The van der Waals surface area contributed by atoms with E-state index in [1.807, 2.05) is 6.19 Å². The van der Waals surface area contributed by atoms with Crippen molar-refractivity contribution in [3.8, 4) is 6.19 Å². The van der Waals surface area contributed by atoms with Crippen LogP contribution in [0.3, 0.4) is 0 Å². The van der Waals surface area contributed by atoms with Crippen LogP contribution in [0.15, 0.2) is 12.1 Å². The van der Waals surface area contributed by atoms with Gasteiger partial charge in [0.15, 0.2) is 12.0 Å². The number of aromatic nitrogens is 1. The van der Waals surface area contributed by atoms with Crippen LogP contribution in [0.2, 0.25) is 0 Å². The van der Waals surface area contributed by atoms with Gasteiger partial charge >= 0.3 is 6.18 Å². The van der Waals surface area contributed by atoms with E-state index in [9.17, 15) is 18.0 Å². The van der Waals surface area contributed by atoms with E-state index in [0.29, 0.717) is 13.0 Å². The van der Waals surface area contributed by atoms with Crippen molar-refractivity contribution in [1.29, 1.82) is 5.26 Å². The van der Waals surface area contributed by atoms with Gasteiger partial charge in [-0.1, -0.05) is 0 Å². The Hall–Kier alpha value is -2.50. The summed E-state index contributed by atoms with van der Waals surface area (Å²) in [5.41, 5.74) is -1.94. The lowest BCUT2D eigenvalue weighted by molar-refractivity contribution is -0.141. The van der Waals surface area contributed by atoms with E-state index in [4.69, 9.17) is 5.26 Å². The largest absolute Gasteiger partial charge is 0.433 e. The number of rotatable bonds is 0. The highest BCUT2D eigenvalue weighted by Crippen LogP contribution is 2.37. The number of pyridine rings is 1. The molecule has 9 heteroatoms. The number of carbonyl (C=O) groups excluding carboxylic acids is 1. The van der Waals surface area contributed by atoms with Crippen molar-refractivity contribution in [2.24, 2.45) is 0 Å². The lowest BCUT2D eigenvalue weighted by Gasteiger charge is -2.34. The third-order valence-corrected chi connectivity index (χ3v) is 3.64. The number of hydrogen-bond acceptors (Lipinski definition) is 5. The van der Waals surface area contributed by atoms with Crippen molar-refractivity contribution in [3.05, 3.63) is 17.8 Å². The van der Waals surface area contributed by atoms with Gasteiger partial charge in [-0.05, 0) is 18.6 Å². The maximum Gasteiger partial charge on any atom is 0.433 e. The van der Waals surface area contributed by atoms with Gasteiger partial charge < -0.3 is 15.5 Å². The zero-order valence-corrected chi connectivity index (χ0v) is 10.7. The highest BCUT2D eigenvalue weighted by molar-refractivity contribution is 6.05. The van der Waals surface area contributed by atoms with Crippen LogP contribution in [0, 0.1) is 11.5 Å². The maximum atomic E-state index is 12.7. The average Bonchev–Trinajstić information content (AvgIpc) is 2.83. The molecular weight excluding hydrogens is 287 g/mol. The number of alkyl halides is 3. The average molecular weight is 297 g/mol. The molecule has 1 atom stereocenters. The van der Waals surface area contributed by atoms with Gasteiger partial charge in [0.05, 0.1) is 12.2 Å². The van der Waals surface area contributed by atoms with Crippen LogP contribution in [0.4, 0.5) is 24.7 Å². The van der Waals surface area contributed by atoms with Crippen LogP contribution in [0.5, 0.6) is 0 Å². The first-order valence-electron chi connectivity index (χ1n) is 6.17. The van der Waals surface area contributed by atoms with E-state index in [2.05, 4.69) is 15.6 Å². The summed E-state index contributed by atoms with van der Waals surface area (Å²) in [5, 5.41) is 14.2. The fraction of sp³-hybridized carbons (Fsp3) is 0.417. The van der Waals surface area contributed by atoms with Crippen molar-refractivity contribution in [3.63, 3.8) is 0 Å². The Bertz CT molecular complexity index is 653. The Kier molecular flexibility index (Phi) is 2.73. The second kappa shape index (κ2) is 4.25. The second-order valence-electron chi connectivity index (χ2n) is 5.02. The van der Waals surface area contributed by atoms with Gasteiger partial charge in [0.25, 0.3) is 5.91 Å². The zero-order chi connectivity index (χ0) is 15.3. The summed E-state index contributed by atoms with van der Waals surface area (Å²) in [7, 11) is 0. The number of halogens is 3. The highest BCUT2D eigenvalue weighted by atomic mass is 19.4. The molecule has 1 amide bonds. The molecule has 0 saturated carbocycles. The van der Waals surface area contributed by atoms with Crippen LogP contribution in [0.1, 0.15) is 12.1 Å². The van der Waals surface area contributed by atoms with Crippen molar-refractivity contribution in [1.82, 2.24) is 9.88 Å². The van der Waals surface area contributed by atoms with Crippen molar-refractivity contribution in [2.45, 2.75) is 18.1 Å². The molecule has 3 rings (SSSR count).